The smallest absolute Gasteiger partial charge is 1.00 e. The number of carbonyl (C=O) groups is 1. The minimum Gasteiger partial charge on any atom is -1.00 e. The van der Waals surface area contributed by atoms with Gasteiger partial charge in [-0.3, -0.25) is 4.98 Å². The maximum Gasteiger partial charge on any atom is 1.00 e. The Morgan fingerprint density at radius 1 is 1.40 bits per heavy atom. The number of pyridine rings is 2. The monoisotopic (exact) mass is 228 g/mol. The first-order chi connectivity index (χ1) is 6.68. The molecule has 0 unspecified atom stereocenters. The van der Waals surface area contributed by atoms with Crippen LogP contribution >= 0.6 is 0 Å². The zero-order valence-corrected chi connectivity index (χ0v) is 11.7. The van der Waals surface area contributed by atoms with Crippen molar-refractivity contribution in [3.05, 3.63) is 35.8 Å². The van der Waals surface area contributed by atoms with E-state index in [2.05, 4.69) is 9.97 Å². The number of aromatic carboxylic acids is 1. The fourth-order valence-electron chi connectivity index (χ4n) is 1.33. The molecule has 0 aliphatic rings. The Morgan fingerprint density at radius 3 is 2.80 bits per heavy atom. The van der Waals surface area contributed by atoms with Gasteiger partial charge in [0.25, 0.3) is 0 Å². The van der Waals surface area contributed by atoms with Crippen LogP contribution in [0.2, 0.25) is 0 Å². The molecule has 0 radical (unpaired) electrons. The Morgan fingerprint density at radius 2 is 2.13 bits per heavy atom. The van der Waals surface area contributed by atoms with E-state index in [1.165, 1.54) is 6.20 Å². The van der Waals surface area contributed by atoms with Crippen LogP contribution in [-0.2, 0) is 0 Å². The van der Waals surface area contributed by atoms with Crippen LogP contribution in [0.3, 0.4) is 0 Å². The molecule has 0 saturated heterocycles. The molecule has 1 N–H and O–H groups in total. The molecule has 0 amide bonds. The van der Waals surface area contributed by atoms with E-state index in [0.29, 0.717) is 10.9 Å². The van der Waals surface area contributed by atoms with Crippen LogP contribution in [0, 0.1) is 6.92 Å². The Hall–Kier alpha value is -0.334. The van der Waals surface area contributed by atoms with Crippen LogP contribution in [0.4, 0.5) is 0 Å². The number of aryl methyl sites for hydroxylation is 1. The molecule has 2 aromatic rings. The maximum atomic E-state index is 10.8. The first-order valence-corrected chi connectivity index (χ1v) is 4.14. The van der Waals surface area contributed by atoms with Crippen molar-refractivity contribution in [2.24, 2.45) is 0 Å². The Bertz CT molecular complexity index is 519. The molecule has 0 atom stereocenters. The molecule has 0 saturated carbocycles. The fraction of sp³-hybridized carbons (Fsp3) is 0.100. The summed E-state index contributed by atoms with van der Waals surface area (Å²) >= 11 is 0. The maximum absolute atomic E-state index is 10.8. The number of rotatable bonds is 1. The van der Waals surface area contributed by atoms with Crippen LogP contribution in [0.5, 0.6) is 0 Å². The molecular weight excluding hydrogens is 219 g/mol. The van der Waals surface area contributed by atoms with Crippen molar-refractivity contribution in [1.29, 1.82) is 0 Å². The number of carboxylic acids is 1. The Kier molecular flexibility index (Phi) is 4.36. The minimum absolute atomic E-state index is 0. The predicted octanol–water partition coefficient (Wildman–Crippen LogP) is -1.25. The third kappa shape index (κ3) is 2.62. The van der Waals surface area contributed by atoms with Gasteiger partial charge in [-0.05, 0) is 25.1 Å². The van der Waals surface area contributed by atoms with Crippen LogP contribution in [0.15, 0.2) is 24.4 Å². The molecule has 2 heterocycles. The number of aromatic nitrogens is 2. The van der Waals surface area contributed by atoms with Crippen molar-refractivity contribution in [3.63, 3.8) is 0 Å². The number of nitrogens with zero attached hydrogens (tertiary/aromatic N) is 2. The van der Waals surface area contributed by atoms with Crippen LogP contribution in [0.1, 0.15) is 17.6 Å². The summed E-state index contributed by atoms with van der Waals surface area (Å²) in [7, 11) is 0. The summed E-state index contributed by atoms with van der Waals surface area (Å²) in [4.78, 5) is 18.8. The summed E-state index contributed by atoms with van der Waals surface area (Å²) in [6.45, 7) is 1.86. The van der Waals surface area contributed by atoms with Crippen molar-refractivity contribution in [2.45, 2.75) is 6.92 Å². The molecule has 4 nitrogen and oxygen atoms in total. The standard InChI is InChI=1S/C10H8N2O2.K.H/c1-6-2-3-7-8(12-6)4-5-11-9(7)10(13)14;;/h2-5H,1H3,(H,13,14);;/q;+1;-1. The SMILES string of the molecule is Cc1ccc2c(C(=O)O)nccc2n1.[H-].[K+]. The van der Waals surface area contributed by atoms with Gasteiger partial charge in [0.2, 0.25) is 0 Å². The van der Waals surface area contributed by atoms with Gasteiger partial charge >= 0.3 is 57.4 Å². The van der Waals surface area contributed by atoms with Gasteiger partial charge in [0, 0.05) is 17.3 Å². The van der Waals surface area contributed by atoms with Gasteiger partial charge in [0.1, 0.15) is 0 Å². The van der Waals surface area contributed by atoms with E-state index >= 15 is 0 Å². The van der Waals surface area contributed by atoms with Gasteiger partial charge in [-0.2, -0.15) is 0 Å². The molecule has 2 rings (SSSR count). The fourth-order valence-corrected chi connectivity index (χ4v) is 1.33. The zero-order chi connectivity index (χ0) is 10.1. The van der Waals surface area contributed by atoms with Gasteiger partial charge in [-0.25, -0.2) is 9.78 Å². The number of hydrogen-bond donors (Lipinski definition) is 1. The number of carboxylic acid groups (broad SMARTS) is 1. The van der Waals surface area contributed by atoms with Crippen LogP contribution in [0.25, 0.3) is 10.9 Å². The Labute approximate surface area is 131 Å². The van der Waals surface area contributed by atoms with Gasteiger partial charge in [0.05, 0.1) is 5.52 Å². The predicted molar refractivity (Wildman–Crippen MR) is 52.3 cm³/mol. The first kappa shape index (κ1) is 12.7. The number of fused-ring (bicyclic) bond motifs is 1. The molecule has 2 aromatic heterocycles. The van der Waals surface area contributed by atoms with E-state index in [1.54, 1.807) is 18.2 Å². The van der Waals surface area contributed by atoms with E-state index in [1.807, 2.05) is 6.92 Å². The van der Waals surface area contributed by atoms with Gasteiger partial charge in [0.15, 0.2) is 5.69 Å². The van der Waals surface area contributed by atoms with E-state index < -0.39 is 5.97 Å². The molecule has 0 bridgehead atoms. The third-order valence-electron chi connectivity index (χ3n) is 1.96. The average Bonchev–Trinajstić information content (AvgIpc) is 2.16. The van der Waals surface area contributed by atoms with E-state index in [-0.39, 0.29) is 58.5 Å². The van der Waals surface area contributed by atoms with Crippen molar-refractivity contribution < 1.29 is 62.7 Å². The average molecular weight is 228 g/mol. The normalized spacial score (nSPS) is 9.67. The molecular formula is C10H9KN2O2. The summed E-state index contributed by atoms with van der Waals surface area (Å²) in [5, 5.41) is 9.44. The minimum atomic E-state index is -1.03. The van der Waals surface area contributed by atoms with E-state index in [0.717, 1.165) is 5.69 Å². The molecule has 0 spiro atoms. The quantitative estimate of drug-likeness (QED) is 0.620. The largest absolute Gasteiger partial charge is 1.00 e. The molecule has 0 aliphatic heterocycles. The van der Waals surface area contributed by atoms with Crippen molar-refractivity contribution >= 4 is 16.9 Å². The second-order valence-corrected chi connectivity index (χ2v) is 2.98. The Balaban J connectivity index is 0.00000112. The second kappa shape index (κ2) is 5.13. The number of hydrogen-bond acceptors (Lipinski definition) is 3. The van der Waals surface area contributed by atoms with Crippen molar-refractivity contribution in [1.82, 2.24) is 9.97 Å². The summed E-state index contributed by atoms with van der Waals surface area (Å²) in [5.41, 5.74) is 1.58. The molecule has 0 fully saturated rings. The van der Waals surface area contributed by atoms with E-state index in [4.69, 9.17) is 5.11 Å². The first-order valence-electron chi connectivity index (χ1n) is 4.14. The topological polar surface area (TPSA) is 63.1 Å². The zero-order valence-electron chi connectivity index (χ0n) is 9.56. The van der Waals surface area contributed by atoms with Crippen molar-refractivity contribution in [2.75, 3.05) is 0 Å². The van der Waals surface area contributed by atoms with Crippen molar-refractivity contribution in [3.8, 4) is 0 Å². The molecule has 0 aliphatic carbocycles. The van der Waals surface area contributed by atoms with Crippen LogP contribution in [-0.4, -0.2) is 21.0 Å². The van der Waals surface area contributed by atoms with Gasteiger partial charge < -0.3 is 6.53 Å². The molecule has 5 heteroatoms. The van der Waals surface area contributed by atoms with Gasteiger partial charge in [-0.1, -0.05) is 0 Å². The molecule has 0 aromatic carbocycles. The third-order valence-corrected chi connectivity index (χ3v) is 1.96. The molecule has 15 heavy (non-hydrogen) atoms. The summed E-state index contributed by atoms with van der Waals surface area (Å²) < 4.78 is 0. The summed E-state index contributed by atoms with van der Waals surface area (Å²) in [5.74, 6) is -1.03. The second-order valence-electron chi connectivity index (χ2n) is 2.98. The van der Waals surface area contributed by atoms with Gasteiger partial charge in [-0.15, -0.1) is 0 Å². The summed E-state index contributed by atoms with van der Waals surface area (Å²) in [6.07, 6.45) is 1.46. The van der Waals surface area contributed by atoms with Crippen LogP contribution < -0.4 is 51.4 Å². The molecule has 72 valence electrons. The van der Waals surface area contributed by atoms with E-state index in [9.17, 15) is 4.79 Å². The summed E-state index contributed by atoms with van der Waals surface area (Å²) in [6, 6.07) is 5.21.